The van der Waals surface area contributed by atoms with Crippen molar-refractivity contribution in [1.82, 2.24) is 0 Å². The Labute approximate surface area is 89.8 Å². The molecule has 0 saturated heterocycles. The van der Waals surface area contributed by atoms with Crippen molar-refractivity contribution < 1.29 is 14.6 Å². The number of benzene rings is 1. The number of amides is 1. The molecule has 0 aliphatic rings. The molecule has 0 spiro atoms. The van der Waals surface area contributed by atoms with E-state index in [1.54, 1.807) is 24.3 Å². The molecule has 0 aromatic heterocycles. The predicted molar refractivity (Wildman–Crippen MR) is 54.6 cm³/mol. The molecular formula is C9H10BrNO3. The van der Waals surface area contributed by atoms with E-state index in [-0.39, 0.29) is 0 Å². The first-order valence-electron chi connectivity index (χ1n) is 3.89. The van der Waals surface area contributed by atoms with E-state index in [0.717, 1.165) is 4.47 Å². The van der Waals surface area contributed by atoms with Gasteiger partial charge in [-0.25, -0.2) is 0 Å². The Morgan fingerprint density at radius 1 is 1.50 bits per heavy atom. The molecule has 0 saturated carbocycles. The van der Waals surface area contributed by atoms with Crippen LogP contribution in [0.3, 0.4) is 0 Å². The number of hydrogen-bond donors (Lipinski definition) is 2. The summed E-state index contributed by atoms with van der Waals surface area (Å²) in [7, 11) is 0. The second kappa shape index (κ2) is 3.98. The Morgan fingerprint density at radius 2 is 2.00 bits per heavy atom. The van der Waals surface area contributed by atoms with Crippen LogP contribution in [-0.2, 0) is 4.79 Å². The fourth-order valence-corrected chi connectivity index (χ4v) is 1.05. The molecule has 0 heterocycles. The molecule has 1 unspecified atom stereocenters. The molecular weight excluding hydrogens is 250 g/mol. The van der Waals surface area contributed by atoms with Crippen LogP contribution >= 0.6 is 15.9 Å². The molecule has 1 rings (SSSR count). The maximum absolute atomic E-state index is 10.7. The normalized spacial score (nSPS) is 14.5. The lowest BCUT2D eigenvalue weighted by molar-refractivity contribution is -0.165. The summed E-state index contributed by atoms with van der Waals surface area (Å²) in [4.78, 5) is 10.7. The molecule has 1 atom stereocenters. The summed E-state index contributed by atoms with van der Waals surface area (Å²) in [6.07, 6.45) is 0. The summed E-state index contributed by atoms with van der Waals surface area (Å²) < 4.78 is 5.86. The first-order chi connectivity index (χ1) is 6.42. The highest BCUT2D eigenvalue weighted by molar-refractivity contribution is 9.10. The van der Waals surface area contributed by atoms with Gasteiger partial charge in [-0.2, -0.15) is 0 Å². The minimum Gasteiger partial charge on any atom is -0.453 e. The van der Waals surface area contributed by atoms with Crippen molar-refractivity contribution in [3.8, 4) is 5.75 Å². The number of rotatable bonds is 3. The van der Waals surface area contributed by atoms with E-state index in [4.69, 9.17) is 10.5 Å². The van der Waals surface area contributed by atoms with Gasteiger partial charge in [-0.05, 0) is 24.3 Å². The van der Waals surface area contributed by atoms with E-state index in [0.29, 0.717) is 5.75 Å². The maximum atomic E-state index is 10.7. The number of carbonyl (C=O) groups excluding carboxylic acids is 1. The lowest BCUT2D eigenvalue weighted by Gasteiger charge is -2.20. The Morgan fingerprint density at radius 3 is 2.43 bits per heavy atom. The van der Waals surface area contributed by atoms with Crippen molar-refractivity contribution in [1.29, 1.82) is 0 Å². The van der Waals surface area contributed by atoms with Crippen molar-refractivity contribution in [3.05, 3.63) is 28.7 Å². The standard InChI is InChI=1S/C9H10BrNO3/c1-9(13,8(11)12)14-7-4-2-6(10)3-5-7/h2-5,13H,1H3,(H2,11,12). The monoisotopic (exact) mass is 259 g/mol. The van der Waals surface area contributed by atoms with Gasteiger partial charge in [0.15, 0.2) is 0 Å². The number of halogens is 1. The molecule has 0 bridgehead atoms. The molecule has 1 amide bonds. The van der Waals surface area contributed by atoms with Gasteiger partial charge in [0.05, 0.1) is 0 Å². The van der Waals surface area contributed by atoms with Gasteiger partial charge in [-0.3, -0.25) is 4.79 Å². The summed E-state index contributed by atoms with van der Waals surface area (Å²) in [6.45, 7) is 1.19. The van der Waals surface area contributed by atoms with Crippen LogP contribution < -0.4 is 10.5 Å². The highest BCUT2D eigenvalue weighted by Gasteiger charge is 2.29. The fourth-order valence-electron chi connectivity index (χ4n) is 0.782. The predicted octanol–water partition coefficient (Wildman–Crippen LogP) is 1.02. The molecule has 5 heteroatoms. The molecule has 0 fully saturated rings. The number of carbonyl (C=O) groups is 1. The van der Waals surface area contributed by atoms with Crippen LogP contribution in [0.4, 0.5) is 0 Å². The number of hydrogen-bond acceptors (Lipinski definition) is 3. The van der Waals surface area contributed by atoms with Gasteiger partial charge in [-0.15, -0.1) is 0 Å². The van der Waals surface area contributed by atoms with E-state index in [1.165, 1.54) is 6.92 Å². The van der Waals surface area contributed by atoms with Gasteiger partial charge in [0.25, 0.3) is 11.7 Å². The van der Waals surface area contributed by atoms with Crippen molar-refractivity contribution >= 4 is 21.8 Å². The van der Waals surface area contributed by atoms with Gasteiger partial charge in [-0.1, -0.05) is 15.9 Å². The molecule has 0 aliphatic carbocycles. The molecule has 0 radical (unpaired) electrons. The first-order valence-corrected chi connectivity index (χ1v) is 4.68. The molecule has 76 valence electrons. The number of nitrogens with two attached hydrogens (primary N) is 1. The zero-order chi connectivity index (χ0) is 10.8. The van der Waals surface area contributed by atoms with Crippen LogP contribution in [0.1, 0.15) is 6.92 Å². The molecule has 14 heavy (non-hydrogen) atoms. The summed E-state index contributed by atoms with van der Waals surface area (Å²) in [5.74, 6) is -2.54. The van der Waals surface area contributed by atoms with E-state index in [1.807, 2.05) is 0 Å². The van der Waals surface area contributed by atoms with Crippen LogP contribution in [0.5, 0.6) is 5.75 Å². The minimum absolute atomic E-state index is 0.372. The Kier molecular flexibility index (Phi) is 3.13. The molecule has 1 aromatic carbocycles. The van der Waals surface area contributed by atoms with Crippen LogP contribution in [0.2, 0.25) is 0 Å². The van der Waals surface area contributed by atoms with E-state index >= 15 is 0 Å². The molecule has 0 aliphatic heterocycles. The van der Waals surface area contributed by atoms with E-state index in [9.17, 15) is 9.90 Å². The Balaban J connectivity index is 2.79. The van der Waals surface area contributed by atoms with Crippen LogP contribution in [-0.4, -0.2) is 16.8 Å². The maximum Gasteiger partial charge on any atom is 0.289 e. The summed E-state index contributed by atoms with van der Waals surface area (Å²) in [6, 6.07) is 6.68. The van der Waals surface area contributed by atoms with Gasteiger partial charge >= 0.3 is 0 Å². The van der Waals surface area contributed by atoms with Gasteiger partial charge < -0.3 is 15.6 Å². The SMILES string of the molecule is CC(O)(Oc1ccc(Br)cc1)C(N)=O. The third kappa shape index (κ3) is 2.71. The zero-order valence-electron chi connectivity index (χ0n) is 7.53. The lowest BCUT2D eigenvalue weighted by Crippen LogP contribution is -2.46. The summed E-state index contributed by atoms with van der Waals surface area (Å²) in [5, 5.41) is 9.41. The molecule has 1 aromatic rings. The van der Waals surface area contributed by atoms with Crippen LogP contribution in [0.25, 0.3) is 0 Å². The Bertz CT molecular complexity index is 334. The van der Waals surface area contributed by atoms with Gasteiger partial charge in [0, 0.05) is 11.4 Å². The van der Waals surface area contributed by atoms with Crippen molar-refractivity contribution in [2.45, 2.75) is 12.7 Å². The number of primary amides is 1. The van der Waals surface area contributed by atoms with E-state index < -0.39 is 11.7 Å². The average Bonchev–Trinajstić information content (AvgIpc) is 2.08. The van der Waals surface area contributed by atoms with Gasteiger partial charge in [0.1, 0.15) is 5.75 Å². The lowest BCUT2D eigenvalue weighted by atomic mass is 10.3. The smallest absolute Gasteiger partial charge is 0.289 e. The third-order valence-corrected chi connectivity index (χ3v) is 2.12. The quantitative estimate of drug-likeness (QED) is 0.797. The Hall–Kier alpha value is -1.07. The second-order valence-corrected chi connectivity index (χ2v) is 3.82. The van der Waals surface area contributed by atoms with E-state index in [2.05, 4.69) is 15.9 Å². The topological polar surface area (TPSA) is 72.6 Å². The largest absolute Gasteiger partial charge is 0.453 e. The summed E-state index contributed by atoms with van der Waals surface area (Å²) >= 11 is 3.24. The van der Waals surface area contributed by atoms with Crippen LogP contribution in [0.15, 0.2) is 28.7 Å². The number of ether oxygens (including phenoxy) is 1. The minimum atomic E-state index is -1.98. The fraction of sp³-hybridized carbons (Fsp3) is 0.222. The van der Waals surface area contributed by atoms with Crippen molar-refractivity contribution in [3.63, 3.8) is 0 Å². The second-order valence-electron chi connectivity index (χ2n) is 2.90. The number of aliphatic hydroxyl groups is 1. The van der Waals surface area contributed by atoms with Crippen molar-refractivity contribution in [2.24, 2.45) is 5.73 Å². The molecule has 4 nitrogen and oxygen atoms in total. The zero-order valence-corrected chi connectivity index (χ0v) is 9.11. The summed E-state index contributed by atoms with van der Waals surface area (Å²) in [5.41, 5.74) is 4.92. The highest BCUT2D eigenvalue weighted by atomic mass is 79.9. The van der Waals surface area contributed by atoms with Crippen LogP contribution in [0, 0.1) is 0 Å². The highest BCUT2D eigenvalue weighted by Crippen LogP contribution is 2.19. The van der Waals surface area contributed by atoms with Gasteiger partial charge in [0.2, 0.25) is 0 Å². The first kappa shape index (κ1) is 11.0. The van der Waals surface area contributed by atoms with Crippen molar-refractivity contribution in [2.75, 3.05) is 0 Å². The molecule has 3 N–H and O–H groups in total. The average molecular weight is 260 g/mol. The third-order valence-electron chi connectivity index (χ3n) is 1.59.